The molecule has 0 spiro atoms. The Bertz CT molecular complexity index is 427. The van der Waals surface area contributed by atoms with Crippen LogP contribution in [0.1, 0.15) is 28.8 Å². The number of benzene rings is 1. The standard InChI is InChI=1S/C15H21NO3/c1-16(13-7-10-19-11-8-13)9-6-12-4-2-3-5-14(12)15(17)18/h2-5,13H,6-11H2,1H3,(H,17,18). The van der Waals surface area contributed by atoms with Crippen LogP contribution in [0.4, 0.5) is 0 Å². The van der Waals surface area contributed by atoms with Gasteiger partial charge in [0.05, 0.1) is 5.56 Å². The number of hydrogen-bond acceptors (Lipinski definition) is 3. The first-order valence-electron chi connectivity index (χ1n) is 6.77. The summed E-state index contributed by atoms with van der Waals surface area (Å²) in [5, 5.41) is 9.15. The van der Waals surface area contributed by atoms with Gasteiger partial charge >= 0.3 is 5.97 Å². The normalized spacial score (nSPS) is 16.7. The maximum absolute atomic E-state index is 11.1. The van der Waals surface area contributed by atoms with Crippen LogP contribution in [0.25, 0.3) is 0 Å². The Morgan fingerprint density at radius 3 is 2.74 bits per heavy atom. The highest BCUT2D eigenvalue weighted by atomic mass is 16.5. The van der Waals surface area contributed by atoms with Crippen LogP contribution in [0, 0.1) is 0 Å². The Balaban J connectivity index is 1.92. The fourth-order valence-corrected chi connectivity index (χ4v) is 2.55. The largest absolute Gasteiger partial charge is 0.478 e. The fraction of sp³-hybridized carbons (Fsp3) is 0.533. The molecule has 0 saturated carbocycles. The lowest BCUT2D eigenvalue weighted by molar-refractivity contribution is 0.0434. The summed E-state index contributed by atoms with van der Waals surface area (Å²) in [6, 6.07) is 7.81. The zero-order chi connectivity index (χ0) is 13.7. The predicted octanol–water partition coefficient (Wildman–Crippen LogP) is 2.04. The number of hydrogen-bond donors (Lipinski definition) is 1. The summed E-state index contributed by atoms with van der Waals surface area (Å²) < 4.78 is 5.36. The lowest BCUT2D eigenvalue weighted by Crippen LogP contribution is -2.37. The molecule has 1 aromatic rings. The van der Waals surface area contributed by atoms with E-state index >= 15 is 0 Å². The van der Waals surface area contributed by atoms with E-state index < -0.39 is 5.97 Å². The Morgan fingerprint density at radius 2 is 2.05 bits per heavy atom. The summed E-state index contributed by atoms with van der Waals surface area (Å²) in [4.78, 5) is 13.5. The second-order valence-electron chi connectivity index (χ2n) is 5.04. The number of carbonyl (C=O) groups is 1. The van der Waals surface area contributed by atoms with Crippen molar-refractivity contribution in [3.63, 3.8) is 0 Å². The number of carboxylic acids is 1. The van der Waals surface area contributed by atoms with Crippen LogP contribution >= 0.6 is 0 Å². The molecule has 1 saturated heterocycles. The summed E-state index contributed by atoms with van der Waals surface area (Å²) in [5.41, 5.74) is 1.33. The lowest BCUT2D eigenvalue weighted by Gasteiger charge is -2.31. The van der Waals surface area contributed by atoms with E-state index in [-0.39, 0.29) is 0 Å². The van der Waals surface area contributed by atoms with Crippen molar-refractivity contribution in [2.75, 3.05) is 26.8 Å². The van der Waals surface area contributed by atoms with Crippen molar-refractivity contribution >= 4 is 5.97 Å². The molecule has 1 heterocycles. The van der Waals surface area contributed by atoms with Gasteiger partial charge < -0.3 is 14.7 Å². The molecular formula is C15H21NO3. The Hall–Kier alpha value is -1.39. The molecule has 0 unspecified atom stereocenters. The lowest BCUT2D eigenvalue weighted by atomic mass is 10.0. The van der Waals surface area contributed by atoms with Crippen molar-refractivity contribution in [1.29, 1.82) is 0 Å². The molecule has 4 heteroatoms. The van der Waals surface area contributed by atoms with E-state index in [0.29, 0.717) is 11.6 Å². The molecule has 1 aliphatic heterocycles. The van der Waals surface area contributed by atoms with Crippen molar-refractivity contribution in [2.45, 2.75) is 25.3 Å². The van der Waals surface area contributed by atoms with Crippen molar-refractivity contribution in [1.82, 2.24) is 4.90 Å². The minimum atomic E-state index is -0.843. The molecular weight excluding hydrogens is 242 g/mol. The molecule has 104 valence electrons. The van der Waals surface area contributed by atoms with Gasteiger partial charge in [-0.2, -0.15) is 0 Å². The highest BCUT2D eigenvalue weighted by Gasteiger charge is 2.18. The van der Waals surface area contributed by atoms with Gasteiger partial charge in [0.2, 0.25) is 0 Å². The number of likely N-dealkylation sites (N-methyl/N-ethyl adjacent to an activating group) is 1. The summed E-state index contributed by atoms with van der Waals surface area (Å²) in [6.45, 7) is 2.55. The maximum Gasteiger partial charge on any atom is 0.335 e. The van der Waals surface area contributed by atoms with E-state index in [1.807, 2.05) is 12.1 Å². The average molecular weight is 263 g/mol. The second-order valence-corrected chi connectivity index (χ2v) is 5.04. The van der Waals surface area contributed by atoms with Gasteiger partial charge in [0, 0.05) is 25.8 Å². The third-order valence-electron chi connectivity index (χ3n) is 3.80. The monoisotopic (exact) mass is 263 g/mol. The van der Waals surface area contributed by atoms with Gasteiger partial charge in [-0.25, -0.2) is 4.79 Å². The molecule has 1 fully saturated rings. The van der Waals surface area contributed by atoms with Gasteiger partial charge in [0.1, 0.15) is 0 Å². The van der Waals surface area contributed by atoms with Gasteiger partial charge in [0.15, 0.2) is 0 Å². The highest BCUT2D eigenvalue weighted by Crippen LogP contribution is 2.15. The number of rotatable bonds is 5. The number of ether oxygens (including phenoxy) is 1. The third kappa shape index (κ3) is 3.78. The maximum atomic E-state index is 11.1. The first-order valence-corrected chi connectivity index (χ1v) is 6.77. The van der Waals surface area contributed by atoms with Crippen molar-refractivity contribution in [3.05, 3.63) is 35.4 Å². The van der Waals surface area contributed by atoms with E-state index in [0.717, 1.165) is 44.6 Å². The van der Waals surface area contributed by atoms with Gasteiger partial charge in [0.25, 0.3) is 0 Å². The van der Waals surface area contributed by atoms with E-state index in [4.69, 9.17) is 9.84 Å². The van der Waals surface area contributed by atoms with Crippen LogP contribution in [0.15, 0.2) is 24.3 Å². The summed E-state index contributed by atoms with van der Waals surface area (Å²) in [6.07, 6.45) is 2.91. The summed E-state index contributed by atoms with van der Waals surface area (Å²) in [7, 11) is 2.11. The molecule has 19 heavy (non-hydrogen) atoms. The molecule has 0 atom stereocenters. The molecule has 0 aromatic heterocycles. The first-order chi connectivity index (χ1) is 9.18. The molecule has 1 aliphatic rings. The smallest absolute Gasteiger partial charge is 0.335 e. The minimum absolute atomic E-state index is 0.419. The van der Waals surface area contributed by atoms with E-state index in [2.05, 4.69) is 11.9 Å². The molecule has 0 amide bonds. The average Bonchev–Trinajstić information content (AvgIpc) is 2.46. The van der Waals surface area contributed by atoms with Gasteiger partial charge in [-0.05, 0) is 37.9 Å². The predicted molar refractivity (Wildman–Crippen MR) is 73.6 cm³/mol. The molecule has 4 nitrogen and oxygen atoms in total. The van der Waals surface area contributed by atoms with Gasteiger partial charge in [-0.1, -0.05) is 18.2 Å². The minimum Gasteiger partial charge on any atom is -0.478 e. The van der Waals surface area contributed by atoms with Crippen LogP contribution in [0.3, 0.4) is 0 Å². The molecule has 0 radical (unpaired) electrons. The van der Waals surface area contributed by atoms with E-state index in [9.17, 15) is 4.79 Å². The second kappa shape index (κ2) is 6.68. The van der Waals surface area contributed by atoms with E-state index in [1.54, 1.807) is 12.1 Å². The van der Waals surface area contributed by atoms with E-state index in [1.165, 1.54) is 0 Å². The number of aromatic carboxylic acids is 1. The van der Waals surface area contributed by atoms with Crippen molar-refractivity contribution in [3.8, 4) is 0 Å². The van der Waals surface area contributed by atoms with Crippen LogP contribution in [-0.4, -0.2) is 48.8 Å². The molecule has 1 N–H and O–H groups in total. The van der Waals surface area contributed by atoms with Crippen molar-refractivity contribution in [2.24, 2.45) is 0 Å². The molecule has 0 aliphatic carbocycles. The quantitative estimate of drug-likeness (QED) is 0.883. The van der Waals surface area contributed by atoms with Gasteiger partial charge in [-0.3, -0.25) is 0 Å². The molecule has 0 bridgehead atoms. The number of carboxylic acid groups (broad SMARTS) is 1. The SMILES string of the molecule is CN(CCc1ccccc1C(=O)O)C1CCOCC1. The van der Waals surface area contributed by atoms with Gasteiger partial charge in [-0.15, -0.1) is 0 Å². The molecule has 2 rings (SSSR count). The Morgan fingerprint density at radius 1 is 1.37 bits per heavy atom. The Kier molecular flexibility index (Phi) is 4.93. The zero-order valence-electron chi connectivity index (χ0n) is 11.3. The van der Waals surface area contributed by atoms with Crippen molar-refractivity contribution < 1.29 is 14.6 Å². The topological polar surface area (TPSA) is 49.8 Å². The zero-order valence-corrected chi connectivity index (χ0v) is 11.3. The first kappa shape index (κ1) is 14.0. The van der Waals surface area contributed by atoms with Crippen LogP contribution in [0.5, 0.6) is 0 Å². The summed E-state index contributed by atoms with van der Waals surface area (Å²) >= 11 is 0. The van der Waals surface area contributed by atoms with Crippen LogP contribution in [-0.2, 0) is 11.2 Å². The number of nitrogens with zero attached hydrogens (tertiary/aromatic N) is 1. The highest BCUT2D eigenvalue weighted by molar-refractivity contribution is 5.89. The third-order valence-corrected chi connectivity index (χ3v) is 3.80. The fourth-order valence-electron chi connectivity index (χ4n) is 2.55. The van der Waals surface area contributed by atoms with Crippen LogP contribution in [0.2, 0.25) is 0 Å². The summed E-state index contributed by atoms with van der Waals surface area (Å²) in [5.74, 6) is -0.843. The van der Waals surface area contributed by atoms with Crippen LogP contribution < -0.4 is 0 Å². The molecule has 1 aromatic carbocycles. The Labute approximate surface area is 114 Å².